The van der Waals surface area contributed by atoms with Crippen LogP contribution in [0.2, 0.25) is 0 Å². The van der Waals surface area contributed by atoms with E-state index in [-0.39, 0.29) is 11.9 Å². The van der Waals surface area contributed by atoms with Gasteiger partial charge in [-0.1, -0.05) is 26.7 Å². The van der Waals surface area contributed by atoms with Gasteiger partial charge in [0, 0.05) is 6.54 Å². The molecular formula is C12H24N2O. The van der Waals surface area contributed by atoms with Gasteiger partial charge in [-0.3, -0.25) is 4.79 Å². The second-order valence-corrected chi connectivity index (χ2v) is 4.92. The van der Waals surface area contributed by atoms with Gasteiger partial charge in [0.1, 0.15) is 0 Å². The Labute approximate surface area is 92.8 Å². The molecule has 0 aromatic heterocycles. The molecule has 1 saturated carbocycles. The molecule has 3 atom stereocenters. The van der Waals surface area contributed by atoms with Crippen molar-refractivity contribution < 1.29 is 4.79 Å². The monoisotopic (exact) mass is 212 g/mol. The van der Waals surface area contributed by atoms with E-state index in [0.29, 0.717) is 5.92 Å². The number of hydrogen-bond donors (Lipinski definition) is 2. The van der Waals surface area contributed by atoms with Gasteiger partial charge in [-0.15, -0.1) is 0 Å². The number of nitrogens with one attached hydrogen (secondary N) is 1. The topological polar surface area (TPSA) is 55.1 Å². The Morgan fingerprint density at radius 3 is 2.80 bits per heavy atom. The van der Waals surface area contributed by atoms with Crippen molar-refractivity contribution in [1.82, 2.24) is 5.32 Å². The van der Waals surface area contributed by atoms with Crippen LogP contribution in [0.3, 0.4) is 0 Å². The fourth-order valence-electron chi connectivity index (χ4n) is 2.33. The number of nitrogens with two attached hydrogens (primary N) is 1. The molecule has 0 aromatic carbocycles. The summed E-state index contributed by atoms with van der Waals surface area (Å²) in [6, 6.07) is -0.311. The van der Waals surface area contributed by atoms with Crippen molar-refractivity contribution in [3.8, 4) is 0 Å². The third-order valence-electron chi connectivity index (χ3n) is 3.30. The van der Waals surface area contributed by atoms with Crippen LogP contribution in [0.5, 0.6) is 0 Å². The van der Waals surface area contributed by atoms with E-state index in [9.17, 15) is 4.79 Å². The van der Waals surface area contributed by atoms with Crippen LogP contribution < -0.4 is 11.1 Å². The van der Waals surface area contributed by atoms with Crippen molar-refractivity contribution in [3.63, 3.8) is 0 Å². The van der Waals surface area contributed by atoms with E-state index in [1.165, 1.54) is 19.3 Å². The van der Waals surface area contributed by atoms with Crippen LogP contribution in [0.4, 0.5) is 0 Å². The van der Waals surface area contributed by atoms with E-state index in [2.05, 4.69) is 12.2 Å². The van der Waals surface area contributed by atoms with Gasteiger partial charge in [-0.05, 0) is 31.1 Å². The highest BCUT2D eigenvalue weighted by Crippen LogP contribution is 2.29. The minimum absolute atomic E-state index is 0.0244. The Morgan fingerprint density at radius 2 is 2.27 bits per heavy atom. The molecule has 3 heteroatoms. The summed E-state index contributed by atoms with van der Waals surface area (Å²) in [5, 5.41) is 2.97. The average molecular weight is 212 g/mol. The van der Waals surface area contributed by atoms with Crippen LogP contribution in [0.1, 0.15) is 46.0 Å². The first-order valence-corrected chi connectivity index (χ1v) is 6.16. The van der Waals surface area contributed by atoms with Gasteiger partial charge in [0.25, 0.3) is 0 Å². The number of hydrogen-bond acceptors (Lipinski definition) is 2. The van der Waals surface area contributed by atoms with Gasteiger partial charge in [0.2, 0.25) is 5.91 Å². The molecule has 0 heterocycles. The van der Waals surface area contributed by atoms with Crippen molar-refractivity contribution in [2.24, 2.45) is 17.6 Å². The third kappa shape index (κ3) is 4.20. The van der Waals surface area contributed by atoms with Gasteiger partial charge in [-0.2, -0.15) is 0 Å². The van der Waals surface area contributed by atoms with Crippen molar-refractivity contribution in [3.05, 3.63) is 0 Å². The number of rotatable bonds is 5. The van der Waals surface area contributed by atoms with E-state index in [1.54, 1.807) is 0 Å². The molecule has 0 radical (unpaired) electrons. The lowest BCUT2D eigenvalue weighted by molar-refractivity contribution is -0.122. The average Bonchev–Trinajstić information content (AvgIpc) is 2.61. The van der Waals surface area contributed by atoms with Crippen molar-refractivity contribution in [1.29, 1.82) is 0 Å². The summed E-state index contributed by atoms with van der Waals surface area (Å²) in [4.78, 5) is 11.5. The summed E-state index contributed by atoms with van der Waals surface area (Å²) in [5.74, 6) is 1.53. The zero-order valence-electron chi connectivity index (χ0n) is 9.96. The highest BCUT2D eigenvalue weighted by molar-refractivity contribution is 5.81. The zero-order valence-corrected chi connectivity index (χ0v) is 9.96. The van der Waals surface area contributed by atoms with Gasteiger partial charge in [-0.25, -0.2) is 0 Å². The largest absolute Gasteiger partial charge is 0.354 e. The lowest BCUT2D eigenvalue weighted by Crippen LogP contribution is -2.42. The molecule has 0 saturated heterocycles. The summed E-state index contributed by atoms with van der Waals surface area (Å²) < 4.78 is 0. The molecule has 1 aliphatic rings. The molecule has 0 bridgehead atoms. The quantitative estimate of drug-likeness (QED) is 0.728. The smallest absolute Gasteiger partial charge is 0.236 e. The molecule has 3 nitrogen and oxygen atoms in total. The van der Waals surface area contributed by atoms with Gasteiger partial charge in [0.15, 0.2) is 0 Å². The van der Waals surface area contributed by atoms with Crippen LogP contribution >= 0.6 is 0 Å². The highest BCUT2D eigenvalue weighted by Gasteiger charge is 2.22. The van der Waals surface area contributed by atoms with E-state index >= 15 is 0 Å². The van der Waals surface area contributed by atoms with Crippen LogP contribution in [0, 0.1) is 11.8 Å². The summed E-state index contributed by atoms with van der Waals surface area (Å²) in [5.41, 5.74) is 5.73. The SMILES string of the molecule is CCC[C@@H](N)C(=O)NCC1CCC(C)C1. The summed E-state index contributed by atoms with van der Waals surface area (Å²) in [6.07, 6.45) is 5.57. The highest BCUT2D eigenvalue weighted by atomic mass is 16.2. The molecule has 3 N–H and O–H groups in total. The molecule has 15 heavy (non-hydrogen) atoms. The molecule has 0 spiro atoms. The predicted molar refractivity (Wildman–Crippen MR) is 62.4 cm³/mol. The van der Waals surface area contributed by atoms with E-state index in [1.807, 2.05) is 6.92 Å². The second-order valence-electron chi connectivity index (χ2n) is 4.92. The first kappa shape index (κ1) is 12.5. The Balaban J connectivity index is 2.16. The lowest BCUT2D eigenvalue weighted by Gasteiger charge is -2.14. The molecule has 88 valence electrons. The first-order chi connectivity index (χ1) is 7.13. The number of carbonyl (C=O) groups is 1. The molecule has 0 aromatic rings. The molecular weight excluding hydrogens is 188 g/mol. The first-order valence-electron chi connectivity index (χ1n) is 6.16. The van der Waals surface area contributed by atoms with Crippen LogP contribution in [-0.2, 0) is 4.79 Å². The fourth-order valence-corrected chi connectivity index (χ4v) is 2.33. The maximum absolute atomic E-state index is 11.5. The minimum Gasteiger partial charge on any atom is -0.354 e. The third-order valence-corrected chi connectivity index (χ3v) is 3.30. The van der Waals surface area contributed by atoms with Crippen molar-refractivity contribution >= 4 is 5.91 Å². The fraction of sp³-hybridized carbons (Fsp3) is 0.917. The number of amides is 1. The van der Waals surface area contributed by atoms with E-state index < -0.39 is 0 Å². The lowest BCUT2D eigenvalue weighted by atomic mass is 10.1. The minimum atomic E-state index is -0.311. The Morgan fingerprint density at radius 1 is 1.53 bits per heavy atom. The normalized spacial score (nSPS) is 27.7. The molecule has 1 fully saturated rings. The molecule has 2 unspecified atom stereocenters. The van der Waals surface area contributed by atoms with Crippen LogP contribution in [0.15, 0.2) is 0 Å². The Hall–Kier alpha value is -0.570. The Kier molecular flexibility index (Phi) is 5.09. The predicted octanol–water partition coefficient (Wildman–Crippen LogP) is 1.67. The molecule has 1 amide bonds. The second kappa shape index (κ2) is 6.11. The maximum atomic E-state index is 11.5. The van der Waals surface area contributed by atoms with Gasteiger partial charge < -0.3 is 11.1 Å². The van der Waals surface area contributed by atoms with Gasteiger partial charge >= 0.3 is 0 Å². The molecule has 0 aliphatic heterocycles. The van der Waals surface area contributed by atoms with Crippen molar-refractivity contribution in [2.45, 2.75) is 52.0 Å². The summed E-state index contributed by atoms with van der Waals surface area (Å²) in [6.45, 7) is 5.15. The Bertz CT molecular complexity index is 206. The van der Waals surface area contributed by atoms with Crippen molar-refractivity contribution in [2.75, 3.05) is 6.54 Å². The molecule has 1 rings (SSSR count). The maximum Gasteiger partial charge on any atom is 0.236 e. The zero-order chi connectivity index (χ0) is 11.3. The van der Waals surface area contributed by atoms with Gasteiger partial charge in [0.05, 0.1) is 6.04 Å². The standard InChI is InChI=1S/C12H24N2O/c1-3-4-11(13)12(15)14-8-10-6-5-9(2)7-10/h9-11H,3-8,13H2,1-2H3,(H,14,15)/t9?,10?,11-/m1/s1. The van der Waals surface area contributed by atoms with Crippen LogP contribution in [0.25, 0.3) is 0 Å². The van der Waals surface area contributed by atoms with E-state index in [0.717, 1.165) is 25.3 Å². The molecule has 1 aliphatic carbocycles. The van der Waals surface area contributed by atoms with E-state index in [4.69, 9.17) is 5.73 Å². The number of carbonyl (C=O) groups excluding carboxylic acids is 1. The van der Waals surface area contributed by atoms with Crippen LogP contribution in [-0.4, -0.2) is 18.5 Å². The summed E-state index contributed by atoms with van der Waals surface area (Å²) in [7, 11) is 0. The summed E-state index contributed by atoms with van der Waals surface area (Å²) >= 11 is 0.